The van der Waals surface area contributed by atoms with Gasteiger partial charge in [-0.3, -0.25) is 4.90 Å². The number of ether oxygens (including phenoxy) is 1. The Morgan fingerprint density at radius 2 is 1.51 bits per heavy atom. The third kappa shape index (κ3) is 5.98. The normalized spacial score (nSPS) is 18.5. The average Bonchev–Trinajstić information content (AvgIpc) is 3.42. The second-order valence-corrected chi connectivity index (χ2v) is 9.54. The van der Waals surface area contributed by atoms with Crippen molar-refractivity contribution < 1.29 is 54.2 Å². The zero-order valence-electron chi connectivity index (χ0n) is 19.6. The molecule has 2 aromatic carbocycles. The Bertz CT molecular complexity index is 1350. The molecular formula is C24H17F9N2O3S. The fourth-order valence-corrected chi connectivity index (χ4v) is 4.97. The van der Waals surface area contributed by atoms with Crippen LogP contribution in [0.25, 0.3) is 10.6 Å². The molecule has 0 saturated carbocycles. The van der Waals surface area contributed by atoms with E-state index in [9.17, 15) is 49.4 Å². The van der Waals surface area contributed by atoms with Crippen LogP contribution >= 0.6 is 11.3 Å². The summed E-state index contributed by atoms with van der Waals surface area (Å²) in [5, 5.41) is 11.0. The first-order valence-electron chi connectivity index (χ1n) is 11.0. The summed E-state index contributed by atoms with van der Waals surface area (Å²) in [4.78, 5) is 17.8. The largest absolute Gasteiger partial charge is 0.439 e. The molecular weight excluding hydrogens is 567 g/mol. The number of aromatic nitrogens is 1. The van der Waals surface area contributed by atoms with Gasteiger partial charge in [0.05, 0.1) is 41.6 Å². The zero-order chi connectivity index (χ0) is 28.9. The molecule has 1 unspecified atom stereocenters. The Balaban J connectivity index is 1.73. The van der Waals surface area contributed by atoms with Crippen LogP contribution in [0.3, 0.4) is 0 Å². The number of alkyl halides is 9. The molecule has 39 heavy (non-hydrogen) atoms. The van der Waals surface area contributed by atoms with Crippen molar-refractivity contribution in [3.8, 4) is 10.6 Å². The van der Waals surface area contributed by atoms with Gasteiger partial charge in [0.1, 0.15) is 11.1 Å². The second kappa shape index (κ2) is 10.0. The Hall–Kier alpha value is -3.33. The summed E-state index contributed by atoms with van der Waals surface area (Å²) >= 11 is 1.02. The Morgan fingerprint density at radius 1 is 0.923 bits per heavy atom. The van der Waals surface area contributed by atoms with Crippen LogP contribution in [0.5, 0.6) is 0 Å². The van der Waals surface area contributed by atoms with Crippen molar-refractivity contribution in [2.45, 2.75) is 50.8 Å². The van der Waals surface area contributed by atoms with E-state index >= 15 is 0 Å². The lowest BCUT2D eigenvalue weighted by Gasteiger charge is -2.23. The van der Waals surface area contributed by atoms with Crippen molar-refractivity contribution in [3.63, 3.8) is 0 Å². The summed E-state index contributed by atoms with van der Waals surface area (Å²) in [6.45, 7) is 0.346. The minimum atomic E-state index is -5.13. The van der Waals surface area contributed by atoms with Gasteiger partial charge in [0, 0.05) is 10.9 Å². The summed E-state index contributed by atoms with van der Waals surface area (Å²) < 4.78 is 125. The van der Waals surface area contributed by atoms with Crippen LogP contribution in [-0.4, -0.2) is 27.1 Å². The smallest absolute Gasteiger partial charge is 0.416 e. The van der Waals surface area contributed by atoms with E-state index in [1.165, 1.54) is 12.3 Å². The topological polar surface area (TPSA) is 62.7 Å². The van der Waals surface area contributed by atoms with Crippen LogP contribution < -0.4 is 0 Å². The van der Waals surface area contributed by atoms with Gasteiger partial charge in [0.15, 0.2) is 0 Å². The van der Waals surface area contributed by atoms with Crippen molar-refractivity contribution in [2.24, 2.45) is 0 Å². The Morgan fingerprint density at radius 3 is 2.03 bits per heavy atom. The summed E-state index contributed by atoms with van der Waals surface area (Å²) in [7, 11) is 0. The first-order chi connectivity index (χ1) is 18.0. The number of aliphatic hydroxyl groups is 1. The first kappa shape index (κ1) is 28.7. The lowest BCUT2D eigenvalue weighted by molar-refractivity contribution is -0.143. The average molecular weight is 584 g/mol. The van der Waals surface area contributed by atoms with Crippen LogP contribution in [0.2, 0.25) is 0 Å². The van der Waals surface area contributed by atoms with E-state index in [1.807, 2.05) is 0 Å². The molecule has 1 saturated heterocycles. The van der Waals surface area contributed by atoms with Crippen LogP contribution in [0.4, 0.5) is 44.3 Å². The summed E-state index contributed by atoms with van der Waals surface area (Å²) in [5.41, 5.74) is -4.43. The predicted molar refractivity (Wildman–Crippen MR) is 119 cm³/mol. The predicted octanol–water partition coefficient (Wildman–Crippen LogP) is 7.44. The molecule has 1 aliphatic rings. The van der Waals surface area contributed by atoms with Crippen molar-refractivity contribution >= 4 is 17.4 Å². The monoisotopic (exact) mass is 584 g/mol. The molecule has 0 radical (unpaired) electrons. The summed E-state index contributed by atoms with van der Waals surface area (Å²) in [6, 6.07) is 2.36. The quantitative estimate of drug-likeness (QED) is 0.317. The minimum absolute atomic E-state index is 0.0480. The molecule has 2 heterocycles. The molecule has 1 fully saturated rings. The van der Waals surface area contributed by atoms with Crippen LogP contribution in [0.15, 0.2) is 41.8 Å². The van der Waals surface area contributed by atoms with E-state index in [2.05, 4.69) is 4.98 Å². The van der Waals surface area contributed by atoms with E-state index in [4.69, 9.17) is 4.74 Å². The number of rotatable bonds is 5. The zero-order valence-corrected chi connectivity index (χ0v) is 20.4. The highest BCUT2D eigenvalue weighted by molar-refractivity contribution is 7.13. The summed E-state index contributed by atoms with van der Waals surface area (Å²) in [5.74, 6) is 0. The van der Waals surface area contributed by atoms with Gasteiger partial charge >= 0.3 is 24.6 Å². The molecule has 5 nitrogen and oxygen atoms in total. The molecule has 0 spiro atoms. The number of carbonyl (C=O) groups is 1. The maximum atomic E-state index is 13.4. The number of hydrogen-bond acceptors (Lipinski definition) is 5. The van der Waals surface area contributed by atoms with Crippen molar-refractivity contribution in [3.05, 3.63) is 75.3 Å². The van der Waals surface area contributed by atoms with Gasteiger partial charge in [0.25, 0.3) is 0 Å². The molecule has 1 N–H and O–H groups in total. The minimum Gasteiger partial charge on any atom is -0.439 e. The maximum absolute atomic E-state index is 13.4. The second-order valence-electron chi connectivity index (χ2n) is 8.68. The molecule has 1 amide bonds. The Kier molecular flexibility index (Phi) is 7.36. The highest BCUT2D eigenvalue weighted by Gasteiger charge is 2.43. The molecule has 210 valence electrons. The Labute approximate surface area is 218 Å². The number of amides is 1. The first-order valence-corrected chi connectivity index (χ1v) is 11.9. The molecule has 1 aliphatic heterocycles. The lowest BCUT2D eigenvalue weighted by Crippen LogP contribution is -2.32. The fourth-order valence-electron chi connectivity index (χ4n) is 4.10. The van der Waals surface area contributed by atoms with Gasteiger partial charge in [-0.2, -0.15) is 39.5 Å². The van der Waals surface area contributed by atoms with Crippen molar-refractivity contribution in [2.75, 3.05) is 0 Å². The van der Waals surface area contributed by atoms with Crippen LogP contribution in [-0.2, 0) is 36.4 Å². The number of halogens is 9. The van der Waals surface area contributed by atoms with E-state index in [0.29, 0.717) is 12.1 Å². The molecule has 0 aliphatic carbocycles. The molecule has 0 bridgehead atoms. The van der Waals surface area contributed by atoms with Gasteiger partial charge in [-0.25, -0.2) is 9.78 Å². The van der Waals surface area contributed by atoms with Gasteiger partial charge in [-0.05, 0) is 48.4 Å². The van der Waals surface area contributed by atoms with Gasteiger partial charge in [-0.1, -0.05) is 6.07 Å². The highest BCUT2D eigenvalue weighted by Crippen LogP contribution is 2.42. The third-order valence-corrected chi connectivity index (χ3v) is 6.97. The van der Waals surface area contributed by atoms with Crippen molar-refractivity contribution in [1.82, 2.24) is 9.88 Å². The maximum Gasteiger partial charge on any atom is 0.416 e. The van der Waals surface area contributed by atoms with Gasteiger partial charge in [0.2, 0.25) is 0 Å². The molecule has 4 rings (SSSR count). The molecule has 15 heteroatoms. The lowest BCUT2D eigenvalue weighted by atomic mass is 9.97. The van der Waals surface area contributed by atoms with E-state index in [1.54, 1.807) is 0 Å². The fraction of sp³-hybridized carbons (Fsp3) is 0.333. The number of hydrogen-bond donors (Lipinski definition) is 1. The molecule has 3 aromatic rings. The highest BCUT2D eigenvalue weighted by atomic mass is 32.1. The van der Waals surface area contributed by atoms with E-state index < -0.39 is 72.2 Å². The standard InChI is InChI=1S/C24H17F9N2O3S/c1-11-19(12-4-15(23(28,29)30)7-16(5-12)24(31,32)33)38-21(37)35(11)8-13-6-14(22(25,26)27)2-3-18(13)20-34-17(9-36)10-39-20/h2-7,10-11,19,36H,8-9H2,1H3/t11-,19?/m0/s1. The van der Waals surface area contributed by atoms with E-state index in [0.717, 1.165) is 34.4 Å². The molecule has 1 aromatic heterocycles. The number of cyclic esters (lactones) is 1. The van der Waals surface area contributed by atoms with Crippen molar-refractivity contribution in [1.29, 1.82) is 0 Å². The summed E-state index contributed by atoms with van der Waals surface area (Å²) in [6.07, 6.45) is -17.7. The third-order valence-electron chi connectivity index (χ3n) is 6.05. The number of thiazole rings is 1. The number of aliphatic hydroxyl groups excluding tert-OH is 1. The number of carbonyl (C=O) groups excluding carboxylic acids is 1. The van der Waals surface area contributed by atoms with Gasteiger partial charge in [-0.15, -0.1) is 11.3 Å². The van der Waals surface area contributed by atoms with Crippen LogP contribution in [0.1, 0.15) is 46.5 Å². The van der Waals surface area contributed by atoms with Crippen LogP contribution in [0, 0.1) is 0 Å². The molecule has 2 atom stereocenters. The van der Waals surface area contributed by atoms with Gasteiger partial charge < -0.3 is 9.84 Å². The SMILES string of the molecule is C[C@H]1C(c2cc(C(F)(F)F)cc(C(F)(F)F)c2)OC(=O)N1Cc1cc(C(F)(F)F)ccc1-c1nc(CO)cs1. The number of benzene rings is 2. The number of nitrogens with zero attached hydrogens (tertiary/aromatic N) is 2. The van der Waals surface area contributed by atoms with E-state index in [-0.39, 0.29) is 27.9 Å².